The van der Waals surface area contributed by atoms with Crippen molar-refractivity contribution < 1.29 is 14.3 Å². The molecule has 1 amide bonds. The fourth-order valence-electron chi connectivity index (χ4n) is 1.13. The van der Waals surface area contributed by atoms with Gasteiger partial charge in [-0.3, -0.25) is 10.1 Å². The van der Waals surface area contributed by atoms with Crippen molar-refractivity contribution in [2.24, 2.45) is 0 Å². The van der Waals surface area contributed by atoms with Gasteiger partial charge in [-0.1, -0.05) is 17.7 Å². The van der Waals surface area contributed by atoms with Gasteiger partial charge in [-0.15, -0.1) is 11.6 Å². The number of carbonyl (C=O) groups excluding carboxylic acids is 2. The van der Waals surface area contributed by atoms with E-state index >= 15 is 0 Å². The second-order valence-corrected chi connectivity index (χ2v) is 4.48. The number of amides is 1. The van der Waals surface area contributed by atoms with E-state index in [4.69, 9.17) is 39.5 Å². The summed E-state index contributed by atoms with van der Waals surface area (Å²) in [6.45, 7) is 0. The largest absolute Gasteiger partial charge is 0.430 e. The van der Waals surface area contributed by atoms with Crippen molar-refractivity contribution in [3.63, 3.8) is 0 Å². The number of halogens is 3. The Kier molecular flexibility index (Phi) is 6.25. The minimum absolute atomic E-state index is 0.276. The molecule has 0 spiro atoms. The summed E-state index contributed by atoms with van der Waals surface area (Å²) in [7, 11) is 0. The van der Waals surface area contributed by atoms with Crippen LogP contribution >= 0.6 is 34.8 Å². The van der Waals surface area contributed by atoms with Gasteiger partial charge in [0.1, 0.15) is 0 Å². The number of carbonyl (C=O) groups is 2. The first kappa shape index (κ1) is 15.1. The minimum Gasteiger partial charge on any atom is -0.430 e. The van der Waals surface area contributed by atoms with Crippen molar-refractivity contribution in [2.75, 3.05) is 11.2 Å². The van der Waals surface area contributed by atoms with Gasteiger partial charge in [-0.2, -0.15) is 0 Å². The molecule has 1 atom stereocenters. The normalized spacial score (nSPS) is 11.7. The van der Waals surface area contributed by atoms with E-state index in [1.54, 1.807) is 12.1 Å². The molecule has 18 heavy (non-hydrogen) atoms. The van der Waals surface area contributed by atoms with Crippen LogP contribution in [0.3, 0.4) is 0 Å². The summed E-state index contributed by atoms with van der Waals surface area (Å²) in [5, 5.41) is 1.82. The Morgan fingerprint density at radius 3 is 2.72 bits per heavy atom. The molecule has 0 aliphatic rings. The maximum atomic E-state index is 11.4. The van der Waals surface area contributed by atoms with Crippen molar-refractivity contribution in [1.29, 1.82) is 0 Å². The van der Waals surface area contributed by atoms with E-state index in [0.29, 0.717) is 12.1 Å². The van der Waals surface area contributed by atoms with Crippen molar-refractivity contribution in [2.45, 2.75) is 12.0 Å². The zero-order valence-corrected chi connectivity index (χ0v) is 11.4. The molecule has 0 aromatic heterocycles. The molecule has 1 unspecified atom stereocenters. The van der Waals surface area contributed by atoms with E-state index in [2.05, 4.69) is 5.32 Å². The molecule has 0 radical (unpaired) electrons. The summed E-state index contributed by atoms with van der Waals surface area (Å²) >= 11 is 16.4. The first-order valence-electron chi connectivity index (χ1n) is 5.00. The molecule has 1 rings (SSSR count). The summed E-state index contributed by atoms with van der Waals surface area (Å²) in [5.41, 5.74) is -0.126. The number of alkyl halides is 2. The van der Waals surface area contributed by atoms with Crippen LogP contribution in [0.25, 0.3) is 0 Å². The van der Waals surface area contributed by atoms with Crippen molar-refractivity contribution >= 4 is 51.8 Å². The maximum absolute atomic E-state index is 11.4. The Hall–Kier alpha value is -0.970. The van der Waals surface area contributed by atoms with Gasteiger partial charge in [0.05, 0.1) is 0 Å². The molecular weight excluding hydrogens is 300 g/mol. The average molecular weight is 311 g/mol. The lowest BCUT2D eigenvalue weighted by Crippen LogP contribution is -2.19. The van der Waals surface area contributed by atoms with Crippen LogP contribution in [-0.2, 0) is 4.74 Å². The van der Waals surface area contributed by atoms with Gasteiger partial charge >= 0.3 is 6.09 Å². The molecule has 0 saturated heterocycles. The van der Waals surface area contributed by atoms with Crippen LogP contribution < -0.4 is 5.32 Å². The second kappa shape index (κ2) is 7.46. The van der Waals surface area contributed by atoms with Crippen LogP contribution in [0.2, 0.25) is 0 Å². The third kappa shape index (κ3) is 5.12. The molecular formula is C11H10Cl3NO3. The second-order valence-electron chi connectivity index (χ2n) is 3.27. The summed E-state index contributed by atoms with van der Waals surface area (Å²) in [6.07, 6.45) is -0.379. The van der Waals surface area contributed by atoms with E-state index in [9.17, 15) is 9.59 Å². The highest BCUT2D eigenvalue weighted by atomic mass is 35.5. The molecule has 4 nitrogen and oxygen atoms in total. The molecule has 0 bridgehead atoms. The Bertz CT molecular complexity index is 439. The van der Waals surface area contributed by atoms with Gasteiger partial charge in [0.2, 0.25) is 0 Å². The number of rotatable bonds is 5. The fraction of sp³-hybridized carbons (Fsp3) is 0.273. The number of hydrogen-bond acceptors (Lipinski definition) is 3. The Labute approximate surface area is 119 Å². The lowest BCUT2D eigenvalue weighted by molar-refractivity contribution is 0.108. The highest BCUT2D eigenvalue weighted by molar-refractivity contribution is 6.67. The van der Waals surface area contributed by atoms with Crippen LogP contribution in [0.15, 0.2) is 24.3 Å². The highest BCUT2D eigenvalue weighted by Gasteiger charge is 2.11. The molecule has 0 fully saturated rings. The topological polar surface area (TPSA) is 55.4 Å². The minimum atomic E-state index is -0.791. The zero-order valence-electron chi connectivity index (χ0n) is 9.16. The first-order chi connectivity index (χ1) is 8.52. The van der Waals surface area contributed by atoms with Crippen molar-refractivity contribution in [3.8, 4) is 0 Å². The molecule has 98 valence electrons. The van der Waals surface area contributed by atoms with Gasteiger partial charge < -0.3 is 4.74 Å². The molecule has 1 N–H and O–H groups in total. The van der Waals surface area contributed by atoms with Gasteiger partial charge in [0.25, 0.3) is 5.24 Å². The van der Waals surface area contributed by atoms with Gasteiger partial charge in [0, 0.05) is 23.6 Å². The van der Waals surface area contributed by atoms with Crippen LogP contribution in [0, 0.1) is 0 Å². The van der Waals surface area contributed by atoms with Crippen LogP contribution in [0.5, 0.6) is 0 Å². The molecule has 0 saturated carbocycles. The average Bonchev–Trinajstić information content (AvgIpc) is 2.29. The number of benzene rings is 1. The Morgan fingerprint density at radius 1 is 1.39 bits per heavy atom. The highest BCUT2D eigenvalue weighted by Crippen LogP contribution is 2.14. The number of nitrogens with one attached hydrogen (secondary N) is 1. The molecule has 7 heteroatoms. The van der Waals surface area contributed by atoms with E-state index in [-0.39, 0.29) is 11.4 Å². The summed E-state index contributed by atoms with van der Waals surface area (Å²) in [6, 6.07) is 6.14. The van der Waals surface area contributed by atoms with Gasteiger partial charge in [0.15, 0.2) is 5.56 Å². The van der Waals surface area contributed by atoms with E-state index in [1.165, 1.54) is 12.1 Å². The number of anilines is 1. The first-order valence-corrected chi connectivity index (χ1v) is 6.35. The fourth-order valence-corrected chi connectivity index (χ4v) is 1.74. The maximum Gasteiger partial charge on any atom is 0.413 e. The Balaban J connectivity index is 2.59. The van der Waals surface area contributed by atoms with Crippen LogP contribution in [0.4, 0.5) is 10.5 Å². The molecule has 0 aliphatic heterocycles. The lowest BCUT2D eigenvalue weighted by atomic mass is 10.2. The van der Waals surface area contributed by atoms with E-state index in [0.717, 1.165) is 0 Å². The molecule has 0 aliphatic carbocycles. The molecule has 1 aromatic rings. The SMILES string of the molecule is O=C(Nc1cccc(C(=O)Cl)c1)OC(Cl)CCCl. The standard InChI is InChI=1S/C11H10Cl3NO3/c12-5-4-9(13)18-11(17)15-8-3-1-2-7(6-8)10(14)16/h1-3,6,9H,4-5H2,(H,15,17). The monoisotopic (exact) mass is 309 g/mol. The smallest absolute Gasteiger partial charge is 0.413 e. The third-order valence-electron chi connectivity index (χ3n) is 1.91. The van der Waals surface area contributed by atoms with Crippen LogP contribution in [0.1, 0.15) is 16.8 Å². The van der Waals surface area contributed by atoms with E-state index < -0.39 is 16.9 Å². The van der Waals surface area contributed by atoms with Crippen molar-refractivity contribution in [1.82, 2.24) is 0 Å². The van der Waals surface area contributed by atoms with Crippen LogP contribution in [-0.4, -0.2) is 22.8 Å². The summed E-state index contributed by atoms with van der Waals surface area (Å²) in [4.78, 5) is 22.3. The zero-order chi connectivity index (χ0) is 13.5. The van der Waals surface area contributed by atoms with Crippen molar-refractivity contribution in [3.05, 3.63) is 29.8 Å². The summed E-state index contributed by atoms with van der Waals surface area (Å²) < 4.78 is 4.81. The lowest BCUT2D eigenvalue weighted by Gasteiger charge is -2.11. The summed E-state index contributed by atoms with van der Waals surface area (Å²) in [5.74, 6) is 0.289. The predicted molar refractivity (Wildman–Crippen MR) is 71.7 cm³/mol. The third-order valence-corrected chi connectivity index (χ3v) is 2.65. The van der Waals surface area contributed by atoms with E-state index in [1.807, 2.05) is 0 Å². The molecule has 0 heterocycles. The number of hydrogen-bond donors (Lipinski definition) is 1. The molecule has 1 aromatic carbocycles. The quantitative estimate of drug-likeness (QED) is 0.664. The predicted octanol–water partition coefficient (Wildman–Crippen LogP) is 3.81. The Morgan fingerprint density at radius 2 is 2.11 bits per heavy atom. The van der Waals surface area contributed by atoms with Gasteiger partial charge in [-0.25, -0.2) is 4.79 Å². The number of ether oxygens (including phenoxy) is 1. The van der Waals surface area contributed by atoms with Gasteiger partial charge in [-0.05, 0) is 29.8 Å².